The smallest absolute Gasteiger partial charge is 0.257 e. The maximum absolute atomic E-state index is 12.2. The largest absolute Gasteiger partial charge is 0.322 e. The molecule has 0 bridgehead atoms. The molecule has 0 aliphatic heterocycles. The number of benzene rings is 2. The maximum Gasteiger partial charge on any atom is 0.257 e. The third kappa shape index (κ3) is 3.27. The molecular weight excluding hydrogens is 330 g/mol. The number of carbonyl (C=O) groups excluding carboxylic acids is 1. The van der Waals surface area contributed by atoms with Crippen LogP contribution in [-0.2, 0) is 0 Å². The van der Waals surface area contributed by atoms with Gasteiger partial charge < -0.3 is 5.32 Å². The van der Waals surface area contributed by atoms with Crippen LogP contribution in [0.15, 0.2) is 67.0 Å². The number of aryl methyl sites for hydroxylation is 1. The summed E-state index contributed by atoms with van der Waals surface area (Å²) in [5.74, 6) is -0.170. The average molecular weight is 345 g/mol. The van der Waals surface area contributed by atoms with Crippen LogP contribution in [0.1, 0.15) is 15.9 Å². The SMILES string of the molecule is Cc1ccc2nc(-c3ccc(NC(=O)c4cccnc4)cc3)sc2c1. The minimum atomic E-state index is -0.170. The molecule has 122 valence electrons. The summed E-state index contributed by atoms with van der Waals surface area (Å²) in [4.78, 5) is 20.8. The lowest BCUT2D eigenvalue weighted by atomic mass is 10.2. The van der Waals surface area contributed by atoms with Crippen LogP contribution in [0.3, 0.4) is 0 Å². The Hall–Kier alpha value is -3.05. The third-order valence-corrected chi connectivity index (χ3v) is 4.92. The second-order valence-corrected chi connectivity index (χ2v) is 6.79. The predicted octanol–water partition coefficient (Wildman–Crippen LogP) is 4.92. The highest BCUT2D eigenvalue weighted by Gasteiger charge is 2.08. The Labute approximate surface area is 149 Å². The zero-order valence-electron chi connectivity index (χ0n) is 13.6. The first-order valence-electron chi connectivity index (χ1n) is 7.88. The van der Waals surface area contributed by atoms with Gasteiger partial charge >= 0.3 is 0 Å². The zero-order chi connectivity index (χ0) is 17.2. The fourth-order valence-electron chi connectivity index (χ4n) is 2.55. The molecule has 0 unspecified atom stereocenters. The van der Waals surface area contributed by atoms with Crippen LogP contribution in [0.2, 0.25) is 0 Å². The van der Waals surface area contributed by atoms with Crippen molar-refractivity contribution in [2.75, 3.05) is 5.32 Å². The highest BCUT2D eigenvalue weighted by atomic mass is 32.1. The lowest BCUT2D eigenvalue weighted by Gasteiger charge is -2.05. The standard InChI is InChI=1S/C20H15N3OS/c1-13-4-9-17-18(11-13)25-20(23-17)14-5-7-16(8-6-14)22-19(24)15-3-2-10-21-12-15/h2-12H,1H3,(H,22,24). The van der Waals surface area contributed by atoms with Crippen molar-refractivity contribution in [1.82, 2.24) is 9.97 Å². The lowest BCUT2D eigenvalue weighted by Crippen LogP contribution is -2.11. The Morgan fingerprint density at radius 1 is 1.08 bits per heavy atom. The van der Waals surface area contributed by atoms with Crippen molar-refractivity contribution in [3.05, 3.63) is 78.1 Å². The van der Waals surface area contributed by atoms with E-state index in [9.17, 15) is 4.79 Å². The first kappa shape index (κ1) is 15.5. The summed E-state index contributed by atoms with van der Waals surface area (Å²) in [6, 6.07) is 17.5. The Morgan fingerprint density at radius 2 is 1.92 bits per heavy atom. The van der Waals surface area contributed by atoms with Gasteiger partial charge in [-0.05, 0) is 61.0 Å². The van der Waals surface area contributed by atoms with Gasteiger partial charge in [0.25, 0.3) is 5.91 Å². The summed E-state index contributed by atoms with van der Waals surface area (Å²) >= 11 is 1.67. The van der Waals surface area contributed by atoms with Gasteiger partial charge in [0.05, 0.1) is 15.8 Å². The van der Waals surface area contributed by atoms with Crippen molar-refractivity contribution < 1.29 is 4.79 Å². The summed E-state index contributed by atoms with van der Waals surface area (Å²) < 4.78 is 1.18. The van der Waals surface area contributed by atoms with E-state index in [2.05, 4.69) is 34.3 Å². The molecule has 0 aliphatic carbocycles. The Balaban J connectivity index is 1.56. The van der Waals surface area contributed by atoms with Gasteiger partial charge in [0.2, 0.25) is 0 Å². The number of hydrogen-bond acceptors (Lipinski definition) is 4. The minimum absolute atomic E-state index is 0.170. The monoisotopic (exact) mass is 345 g/mol. The average Bonchev–Trinajstić information content (AvgIpc) is 3.06. The number of fused-ring (bicyclic) bond motifs is 1. The molecule has 4 aromatic rings. The number of anilines is 1. The Bertz CT molecular complexity index is 1040. The molecule has 0 spiro atoms. The molecule has 4 nitrogen and oxygen atoms in total. The molecule has 1 amide bonds. The van der Waals surface area contributed by atoms with Crippen molar-refractivity contribution in [3.8, 4) is 10.6 Å². The topological polar surface area (TPSA) is 54.9 Å². The molecule has 0 saturated heterocycles. The lowest BCUT2D eigenvalue weighted by molar-refractivity contribution is 0.102. The van der Waals surface area contributed by atoms with Crippen molar-refractivity contribution in [2.24, 2.45) is 0 Å². The Kier molecular flexibility index (Phi) is 3.99. The number of amides is 1. The van der Waals surface area contributed by atoms with E-state index in [1.807, 2.05) is 30.3 Å². The van der Waals surface area contributed by atoms with Gasteiger partial charge in [-0.15, -0.1) is 11.3 Å². The number of pyridine rings is 1. The quantitative estimate of drug-likeness (QED) is 0.573. The van der Waals surface area contributed by atoms with Crippen molar-refractivity contribution in [3.63, 3.8) is 0 Å². The second kappa shape index (κ2) is 6.45. The number of carbonyl (C=O) groups is 1. The van der Waals surface area contributed by atoms with Gasteiger partial charge in [-0.2, -0.15) is 0 Å². The van der Waals surface area contributed by atoms with Crippen LogP contribution in [-0.4, -0.2) is 15.9 Å². The first-order valence-corrected chi connectivity index (χ1v) is 8.70. The van der Waals surface area contributed by atoms with E-state index in [0.717, 1.165) is 21.8 Å². The van der Waals surface area contributed by atoms with Crippen LogP contribution in [0.5, 0.6) is 0 Å². The van der Waals surface area contributed by atoms with E-state index in [0.29, 0.717) is 5.56 Å². The number of thiazole rings is 1. The highest BCUT2D eigenvalue weighted by Crippen LogP contribution is 2.31. The Morgan fingerprint density at radius 3 is 2.68 bits per heavy atom. The van der Waals surface area contributed by atoms with Gasteiger partial charge in [0, 0.05) is 23.6 Å². The van der Waals surface area contributed by atoms with Gasteiger partial charge in [-0.1, -0.05) is 6.07 Å². The fraction of sp³-hybridized carbons (Fsp3) is 0.0500. The van der Waals surface area contributed by atoms with Crippen molar-refractivity contribution in [2.45, 2.75) is 6.92 Å². The summed E-state index contributed by atoms with van der Waals surface area (Å²) in [5.41, 5.74) is 4.57. The number of rotatable bonds is 3. The minimum Gasteiger partial charge on any atom is -0.322 e. The number of nitrogens with one attached hydrogen (secondary N) is 1. The van der Waals surface area contributed by atoms with Crippen molar-refractivity contribution in [1.29, 1.82) is 0 Å². The molecule has 0 fully saturated rings. The molecule has 2 aromatic heterocycles. The number of nitrogens with zero attached hydrogens (tertiary/aromatic N) is 2. The van der Waals surface area contributed by atoms with Gasteiger partial charge in [0.1, 0.15) is 5.01 Å². The van der Waals surface area contributed by atoms with E-state index >= 15 is 0 Å². The normalized spacial score (nSPS) is 10.8. The van der Waals surface area contributed by atoms with Crippen LogP contribution < -0.4 is 5.32 Å². The zero-order valence-corrected chi connectivity index (χ0v) is 14.4. The van der Waals surface area contributed by atoms with Crippen LogP contribution in [0.4, 0.5) is 5.69 Å². The van der Waals surface area contributed by atoms with Crippen LogP contribution >= 0.6 is 11.3 Å². The molecule has 0 saturated carbocycles. The van der Waals surface area contributed by atoms with E-state index in [4.69, 9.17) is 0 Å². The van der Waals surface area contributed by atoms with Gasteiger partial charge in [-0.3, -0.25) is 9.78 Å². The predicted molar refractivity (Wildman–Crippen MR) is 102 cm³/mol. The highest BCUT2D eigenvalue weighted by molar-refractivity contribution is 7.21. The second-order valence-electron chi connectivity index (χ2n) is 5.76. The summed E-state index contributed by atoms with van der Waals surface area (Å²) in [7, 11) is 0. The third-order valence-electron chi connectivity index (χ3n) is 3.86. The van der Waals surface area contributed by atoms with E-state index < -0.39 is 0 Å². The van der Waals surface area contributed by atoms with E-state index in [1.165, 1.54) is 10.3 Å². The van der Waals surface area contributed by atoms with Crippen LogP contribution in [0, 0.1) is 6.92 Å². The van der Waals surface area contributed by atoms with Gasteiger partial charge in [-0.25, -0.2) is 4.98 Å². The maximum atomic E-state index is 12.2. The summed E-state index contributed by atoms with van der Waals surface area (Å²) in [6.45, 7) is 2.08. The molecule has 2 aromatic carbocycles. The molecule has 25 heavy (non-hydrogen) atoms. The number of aromatic nitrogens is 2. The molecule has 0 aliphatic rings. The molecule has 2 heterocycles. The van der Waals surface area contributed by atoms with E-state index in [-0.39, 0.29) is 5.91 Å². The molecule has 0 radical (unpaired) electrons. The molecule has 5 heteroatoms. The molecule has 4 rings (SSSR count). The van der Waals surface area contributed by atoms with Crippen LogP contribution in [0.25, 0.3) is 20.8 Å². The van der Waals surface area contributed by atoms with Crippen molar-refractivity contribution >= 4 is 33.1 Å². The number of hydrogen-bond donors (Lipinski definition) is 1. The first-order chi connectivity index (χ1) is 12.2. The molecule has 1 N–H and O–H groups in total. The van der Waals surface area contributed by atoms with E-state index in [1.54, 1.807) is 35.9 Å². The summed E-state index contributed by atoms with van der Waals surface area (Å²) in [6.07, 6.45) is 3.19. The summed E-state index contributed by atoms with van der Waals surface area (Å²) in [5, 5.41) is 3.85. The molecular formula is C20H15N3OS. The molecule has 0 atom stereocenters. The van der Waals surface area contributed by atoms with Gasteiger partial charge in [0.15, 0.2) is 0 Å². The fourth-order valence-corrected chi connectivity index (χ4v) is 3.62.